The number of hydrogen-bond donors (Lipinski definition) is 1. The Morgan fingerprint density at radius 2 is 1.92 bits per heavy atom. The Kier molecular flexibility index (Phi) is 4.58. The minimum absolute atomic E-state index is 0.229. The molecule has 0 aliphatic carbocycles. The first-order valence-electron chi connectivity index (χ1n) is 7.39. The van der Waals surface area contributed by atoms with E-state index < -0.39 is 0 Å². The number of benzene rings is 2. The van der Waals surface area contributed by atoms with E-state index in [0.29, 0.717) is 22.2 Å². The van der Waals surface area contributed by atoms with Crippen LogP contribution in [0.15, 0.2) is 59.0 Å². The number of methoxy groups -OCH3 is 1. The lowest BCUT2D eigenvalue weighted by atomic mass is 10.1. The monoisotopic (exact) mass is 341 g/mol. The highest BCUT2D eigenvalue weighted by molar-refractivity contribution is 6.31. The molecule has 3 aromatic rings. The van der Waals surface area contributed by atoms with Gasteiger partial charge in [0, 0.05) is 22.3 Å². The van der Waals surface area contributed by atoms with Crippen LogP contribution in [0.2, 0.25) is 5.02 Å². The summed E-state index contributed by atoms with van der Waals surface area (Å²) in [6, 6.07) is 16.1. The molecule has 122 valence electrons. The van der Waals surface area contributed by atoms with E-state index in [1.807, 2.05) is 31.2 Å². The number of carbonyl (C=O) groups is 1. The predicted molar refractivity (Wildman–Crippen MR) is 94.8 cm³/mol. The van der Waals surface area contributed by atoms with E-state index in [9.17, 15) is 4.79 Å². The number of anilines is 1. The Morgan fingerprint density at radius 1 is 1.12 bits per heavy atom. The number of rotatable bonds is 4. The Labute approximate surface area is 145 Å². The third kappa shape index (κ3) is 3.29. The van der Waals surface area contributed by atoms with Crippen molar-refractivity contribution >= 4 is 23.2 Å². The topological polar surface area (TPSA) is 51.5 Å². The zero-order valence-corrected chi connectivity index (χ0v) is 14.1. The lowest BCUT2D eigenvalue weighted by molar-refractivity contribution is 0.0997. The van der Waals surface area contributed by atoms with E-state index in [-0.39, 0.29) is 11.7 Å². The molecule has 1 heterocycles. The third-order valence-electron chi connectivity index (χ3n) is 3.69. The van der Waals surface area contributed by atoms with Crippen LogP contribution in [0.25, 0.3) is 11.3 Å². The zero-order chi connectivity index (χ0) is 17.1. The molecule has 1 amide bonds. The molecule has 0 saturated heterocycles. The number of hydrogen-bond acceptors (Lipinski definition) is 3. The Balaban J connectivity index is 1.82. The van der Waals surface area contributed by atoms with Gasteiger partial charge in [0.05, 0.1) is 7.11 Å². The first kappa shape index (κ1) is 16.1. The van der Waals surface area contributed by atoms with Crippen molar-refractivity contribution in [2.45, 2.75) is 6.92 Å². The van der Waals surface area contributed by atoms with Gasteiger partial charge in [0.25, 0.3) is 5.91 Å². The van der Waals surface area contributed by atoms with E-state index in [0.717, 1.165) is 11.1 Å². The molecule has 1 aromatic heterocycles. The summed E-state index contributed by atoms with van der Waals surface area (Å²) in [7, 11) is 1.58. The molecular weight excluding hydrogens is 326 g/mol. The van der Waals surface area contributed by atoms with Gasteiger partial charge in [-0.2, -0.15) is 0 Å². The molecule has 5 heteroatoms. The Morgan fingerprint density at radius 3 is 2.71 bits per heavy atom. The molecule has 0 aliphatic rings. The smallest absolute Gasteiger partial charge is 0.291 e. The van der Waals surface area contributed by atoms with Gasteiger partial charge in [0.2, 0.25) is 0 Å². The lowest BCUT2D eigenvalue weighted by Crippen LogP contribution is -2.10. The maximum Gasteiger partial charge on any atom is 0.291 e. The Hall–Kier alpha value is -2.72. The van der Waals surface area contributed by atoms with Gasteiger partial charge in [-0.3, -0.25) is 4.79 Å². The van der Waals surface area contributed by atoms with Crippen molar-refractivity contribution in [2.24, 2.45) is 0 Å². The van der Waals surface area contributed by atoms with Gasteiger partial charge < -0.3 is 14.5 Å². The SMILES string of the molecule is COc1cccc(NC(=O)c2ccc(-c3cccc(Cl)c3C)o2)c1. The van der Waals surface area contributed by atoms with Gasteiger partial charge in [-0.15, -0.1) is 0 Å². The summed E-state index contributed by atoms with van der Waals surface area (Å²) < 4.78 is 10.8. The second-order valence-electron chi connectivity index (χ2n) is 5.26. The average molecular weight is 342 g/mol. The first-order valence-corrected chi connectivity index (χ1v) is 7.77. The lowest BCUT2D eigenvalue weighted by Gasteiger charge is -2.06. The minimum atomic E-state index is -0.325. The van der Waals surface area contributed by atoms with Gasteiger partial charge in [0.15, 0.2) is 5.76 Å². The number of halogens is 1. The molecule has 0 saturated carbocycles. The zero-order valence-electron chi connectivity index (χ0n) is 13.3. The number of ether oxygens (including phenoxy) is 1. The van der Waals surface area contributed by atoms with Crippen LogP contribution in [-0.4, -0.2) is 13.0 Å². The summed E-state index contributed by atoms with van der Waals surface area (Å²) in [5.41, 5.74) is 2.41. The summed E-state index contributed by atoms with van der Waals surface area (Å²) in [6.07, 6.45) is 0. The molecular formula is C19H16ClNO3. The van der Waals surface area contributed by atoms with Crippen LogP contribution in [0, 0.1) is 6.92 Å². The van der Waals surface area contributed by atoms with Crippen LogP contribution in [0.1, 0.15) is 16.1 Å². The van der Waals surface area contributed by atoms with Crippen LogP contribution in [0.5, 0.6) is 5.75 Å². The normalized spacial score (nSPS) is 10.5. The maximum absolute atomic E-state index is 12.3. The largest absolute Gasteiger partial charge is 0.497 e. The first-order chi connectivity index (χ1) is 11.6. The fraction of sp³-hybridized carbons (Fsp3) is 0.105. The summed E-state index contributed by atoms with van der Waals surface area (Å²) in [4.78, 5) is 12.3. The molecule has 3 rings (SSSR count). The van der Waals surface area contributed by atoms with Crippen molar-refractivity contribution < 1.29 is 13.9 Å². The predicted octanol–water partition coefficient (Wildman–Crippen LogP) is 5.17. The second-order valence-corrected chi connectivity index (χ2v) is 5.67. The number of furan rings is 1. The van der Waals surface area contributed by atoms with Gasteiger partial charge in [0.1, 0.15) is 11.5 Å². The van der Waals surface area contributed by atoms with Crippen LogP contribution in [0.4, 0.5) is 5.69 Å². The van der Waals surface area contributed by atoms with Gasteiger partial charge in [-0.25, -0.2) is 0 Å². The Bertz CT molecular complexity index is 886. The second kappa shape index (κ2) is 6.81. The molecule has 0 unspecified atom stereocenters. The van der Waals surface area contributed by atoms with Crippen LogP contribution in [0.3, 0.4) is 0 Å². The molecule has 0 aliphatic heterocycles. The maximum atomic E-state index is 12.3. The van der Waals surface area contributed by atoms with Gasteiger partial charge >= 0.3 is 0 Å². The highest BCUT2D eigenvalue weighted by Gasteiger charge is 2.14. The molecule has 0 bridgehead atoms. The number of carbonyl (C=O) groups excluding carboxylic acids is 1. The highest BCUT2D eigenvalue weighted by Crippen LogP contribution is 2.30. The van der Waals surface area contributed by atoms with E-state index in [1.54, 1.807) is 37.4 Å². The van der Waals surface area contributed by atoms with Gasteiger partial charge in [-0.05, 0) is 42.8 Å². The van der Waals surface area contributed by atoms with Crippen molar-refractivity contribution in [3.8, 4) is 17.1 Å². The van der Waals surface area contributed by atoms with E-state index in [1.165, 1.54) is 0 Å². The summed E-state index contributed by atoms with van der Waals surface area (Å²) in [5, 5.41) is 3.44. The third-order valence-corrected chi connectivity index (χ3v) is 4.10. The molecule has 0 radical (unpaired) electrons. The molecule has 1 N–H and O–H groups in total. The van der Waals surface area contributed by atoms with Crippen LogP contribution >= 0.6 is 11.6 Å². The summed E-state index contributed by atoms with van der Waals surface area (Å²) >= 11 is 6.14. The molecule has 2 aromatic carbocycles. The van der Waals surface area contributed by atoms with E-state index in [4.69, 9.17) is 20.8 Å². The van der Waals surface area contributed by atoms with Crippen molar-refractivity contribution in [3.63, 3.8) is 0 Å². The molecule has 4 nitrogen and oxygen atoms in total. The summed E-state index contributed by atoms with van der Waals surface area (Å²) in [5.74, 6) is 1.18. The van der Waals surface area contributed by atoms with Gasteiger partial charge in [-0.1, -0.05) is 29.8 Å². The fourth-order valence-electron chi connectivity index (χ4n) is 2.37. The molecule has 0 fully saturated rings. The minimum Gasteiger partial charge on any atom is -0.497 e. The molecule has 0 spiro atoms. The van der Waals surface area contributed by atoms with E-state index in [2.05, 4.69) is 5.32 Å². The van der Waals surface area contributed by atoms with Crippen LogP contribution in [-0.2, 0) is 0 Å². The number of nitrogens with one attached hydrogen (secondary N) is 1. The van der Waals surface area contributed by atoms with Crippen molar-refractivity contribution in [1.29, 1.82) is 0 Å². The van der Waals surface area contributed by atoms with E-state index >= 15 is 0 Å². The van der Waals surface area contributed by atoms with Crippen molar-refractivity contribution in [2.75, 3.05) is 12.4 Å². The molecule has 24 heavy (non-hydrogen) atoms. The molecule has 0 atom stereocenters. The number of amides is 1. The quantitative estimate of drug-likeness (QED) is 0.712. The van der Waals surface area contributed by atoms with Crippen LogP contribution < -0.4 is 10.1 Å². The summed E-state index contributed by atoms with van der Waals surface area (Å²) in [6.45, 7) is 1.91. The average Bonchev–Trinajstić information content (AvgIpc) is 3.07. The fourth-order valence-corrected chi connectivity index (χ4v) is 2.55. The highest BCUT2D eigenvalue weighted by atomic mass is 35.5. The van der Waals surface area contributed by atoms with Crippen molar-refractivity contribution in [1.82, 2.24) is 0 Å². The van der Waals surface area contributed by atoms with Crippen molar-refractivity contribution in [3.05, 3.63) is 70.9 Å². The standard InChI is InChI=1S/C19H16ClNO3/c1-12-15(7-4-8-16(12)20)17-9-10-18(24-17)19(22)21-13-5-3-6-14(11-13)23-2/h3-11H,1-2H3,(H,21,22).